The van der Waals surface area contributed by atoms with Crippen molar-refractivity contribution in [2.24, 2.45) is 0 Å². The highest BCUT2D eigenvalue weighted by Crippen LogP contribution is 2.17. The average Bonchev–Trinajstić information content (AvgIpc) is 2.44. The number of ether oxygens (including phenoxy) is 1. The van der Waals surface area contributed by atoms with E-state index in [0.29, 0.717) is 13.2 Å². The number of benzene rings is 1. The molecule has 6 nitrogen and oxygen atoms in total. The summed E-state index contributed by atoms with van der Waals surface area (Å²) in [7, 11) is 1.49. The van der Waals surface area contributed by atoms with Crippen molar-refractivity contribution in [3.05, 3.63) is 29.3 Å². The molecule has 1 rings (SSSR count). The zero-order chi connectivity index (χ0) is 16.0. The number of methoxy groups -OCH3 is 1. The monoisotopic (exact) mass is 301 g/mol. The summed E-state index contributed by atoms with van der Waals surface area (Å²) < 4.78 is 31.3. The van der Waals surface area contributed by atoms with Crippen molar-refractivity contribution >= 4 is 17.5 Å². The summed E-state index contributed by atoms with van der Waals surface area (Å²) in [6, 6.07) is 0.755. The van der Waals surface area contributed by atoms with E-state index in [1.165, 1.54) is 14.0 Å². The maximum absolute atomic E-state index is 13.3. The van der Waals surface area contributed by atoms with E-state index in [9.17, 15) is 18.4 Å². The molecule has 1 aromatic rings. The first-order valence-electron chi connectivity index (χ1n) is 6.18. The molecule has 0 radical (unpaired) electrons. The van der Waals surface area contributed by atoms with E-state index in [-0.39, 0.29) is 5.56 Å². The maximum Gasteiger partial charge on any atom is 0.252 e. The molecule has 1 aromatic carbocycles. The summed E-state index contributed by atoms with van der Waals surface area (Å²) >= 11 is 0. The van der Waals surface area contributed by atoms with Gasteiger partial charge in [-0.15, -0.1) is 0 Å². The molecule has 0 aliphatic rings. The fourth-order valence-electron chi connectivity index (χ4n) is 1.49. The minimum absolute atomic E-state index is 0.254. The second-order valence-electron chi connectivity index (χ2n) is 4.33. The first-order chi connectivity index (χ1) is 9.86. The van der Waals surface area contributed by atoms with Crippen LogP contribution in [0.5, 0.6) is 0 Å². The first-order valence-corrected chi connectivity index (χ1v) is 6.18. The molecular weight excluding hydrogens is 284 g/mol. The van der Waals surface area contributed by atoms with Crippen LogP contribution in [0.15, 0.2) is 12.1 Å². The van der Waals surface area contributed by atoms with Crippen LogP contribution in [0.4, 0.5) is 14.5 Å². The Hall–Kier alpha value is -2.22. The van der Waals surface area contributed by atoms with Crippen molar-refractivity contribution in [2.45, 2.75) is 13.0 Å². The predicted octanol–water partition coefficient (Wildman–Crippen LogP) is 0.428. The summed E-state index contributed by atoms with van der Waals surface area (Å²) in [6.07, 6.45) is 0. The van der Waals surface area contributed by atoms with Gasteiger partial charge in [0.15, 0.2) is 0 Å². The van der Waals surface area contributed by atoms with Crippen LogP contribution in [0.3, 0.4) is 0 Å². The number of nitrogen functional groups attached to an aromatic ring is 1. The SMILES string of the molecule is COCCNC(=O)C(C)NC(=O)c1cc(F)c(N)c(F)c1. The summed E-state index contributed by atoms with van der Waals surface area (Å²) in [5.74, 6) is -3.27. The minimum Gasteiger partial charge on any atom is -0.394 e. The molecule has 0 heterocycles. The number of hydrogen-bond donors (Lipinski definition) is 3. The van der Waals surface area contributed by atoms with Crippen LogP contribution in [-0.2, 0) is 9.53 Å². The van der Waals surface area contributed by atoms with Crippen LogP contribution >= 0.6 is 0 Å². The normalized spacial score (nSPS) is 11.8. The van der Waals surface area contributed by atoms with Crippen molar-refractivity contribution in [1.29, 1.82) is 0 Å². The molecule has 2 amide bonds. The van der Waals surface area contributed by atoms with Crippen LogP contribution in [0.1, 0.15) is 17.3 Å². The lowest BCUT2D eigenvalue weighted by molar-refractivity contribution is -0.122. The molecule has 0 aromatic heterocycles. The number of hydrogen-bond acceptors (Lipinski definition) is 4. The summed E-state index contributed by atoms with van der Waals surface area (Å²) in [6.45, 7) is 2.07. The van der Waals surface area contributed by atoms with E-state index in [1.807, 2.05) is 0 Å². The largest absolute Gasteiger partial charge is 0.394 e. The molecule has 116 valence electrons. The standard InChI is InChI=1S/C13H17F2N3O3/c1-7(12(19)17-3-4-21-2)18-13(20)8-5-9(14)11(16)10(15)6-8/h5-7H,3-4,16H2,1-2H3,(H,17,19)(H,18,20). The van der Waals surface area contributed by atoms with Gasteiger partial charge in [-0.05, 0) is 19.1 Å². The smallest absolute Gasteiger partial charge is 0.252 e. The van der Waals surface area contributed by atoms with Crippen LogP contribution in [0, 0.1) is 11.6 Å². The van der Waals surface area contributed by atoms with E-state index >= 15 is 0 Å². The van der Waals surface area contributed by atoms with Gasteiger partial charge in [0.05, 0.1) is 6.61 Å². The van der Waals surface area contributed by atoms with Crippen molar-refractivity contribution < 1.29 is 23.1 Å². The maximum atomic E-state index is 13.3. The lowest BCUT2D eigenvalue weighted by Crippen LogP contribution is -2.45. The third-order valence-corrected chi connectivity index (χ3v) is 2.69. The van der Waals surface area contributed by atoms with E-state index < -0.39 is 35.2 Å². The Balaban J connectivity index is 2.66. The Labute approximate surface area is 120 Å². The number of amides is 2. The molecule has 0 bridgehead atoms. The van der Waals surface area contributed by atoms with Gasteiger partial charge in [0.2, 0.25) is 5.91 Å². The van der Waals surface area contributed by atoms with E-state index in [1.54, 1.807) is 0 Å². The average molecular weight is 301 g/mol. The highest BCUT2D eigenvalue weighted by atomic mass is 19.1. The molecule has 0 aliphatic heterocycles. The fraction of sp³-hybridized carbons (Fsp3) is 0.385. The molecule has 0 fully saturated rings. The third kappa shape index (κ3) is 4.67. The number of nitrogens with one attached hydrogen (secondary N) is 2. The van der Waals surface area contributed by atoms with Gasteiger partial charge in [0.25, 0.3) is 5.91 Å². The highest BCUT2D eigenvalue weighted by molar-refractivity contribution is 5.97. The van der Waals surface area contributed by atoms with E-state index in [0.717, 1.165) is 12.1 Å². The first kappa shape index (κ1) is 16.8. The van der Waals surface area contributed by atoms with Gasteiger partial charge in [-0.25, -0.2) is 8.78 Å². The zero-order valence-corrected chi connectivity index (χ0v) is 11.7. The minimum atomic E-state index is -1.03. The summed E-state index contributed by atoms with van der Waals surface area (Å²) in [4.78, 5) is 23.4. The zero-order valence-electron chi connectivity index (χ0n) is 11.7. The van der Waals surface area contributed by atoms with Gasteiger partial charge in [-0.2, -0.15) is 0 Å². The number of rotatable bonds is 6. The van der Waals surface area contributed by atoms with Gasteiger partial charge in [-0.3, -0.25) is 9.59 Å². The van der Waals surface area contributed by atoms with E-state index in [4.69, 9.17) is 10.5 Å². The molecule has 0 aliphatic carbocycles. The molecule has 0 spiro atoms. The third-order valence-electron chi connectivity index (χ3n) is 2.69. The topological polar surface area (TPSA) is 93.5 Å². The quantitative estimate of drug-likeness (QED) is 0.524. The Morgan fingerprint density at radius 1 is 1.33 bits per heavy atom. The van der Waals surface area contributed by atoms with Crippen LogP contribution in [0.25, 0.3) is 0 Å². The number of carbonyl (C=O) groups excluding carboxylic acids is 2. The number of carbonyl (C=O) groups is 2. The molecule has 21 heavy (non-hydrogen) atoms. The molecule has 0 saturated heterocycles. The van der Waals surface area contributed by atoms with Crippen LogP contribution in [0.2, 0.25) is 0 Å². The molecule has 1 unspecified atom stereocenters. The van der Waals surface area contributed by atoms with Crippen LogP contribution in [-0.4, -0.2) is 38.1 Å². The van der Waals surface area contributed by atoms with Crippen molar-refractivity contribution in [3.63, 3.8) is 0 Å². The molecule has 1 atom stereocenters. The van der Waals surface area contributed by atoms with Gasteiger partial charge in [-0.1, -0.05) is 0 Å². The lowest BCUT2D eigenvalue weighted by Gasteiger charge is -2.14. The van der Waals surface area contributed by atoms with Gasteiger partial charge in [0, 0.05) is 19.2 Å². The van der Waals surface area contributed by atoms with Crippen LogP contribution < -0.4 is 16.4 Å². The Bertz CT molecular complexity index is 514. The second-order valence-corrected chi connectivity index (χ2v) is 4.33. The molecule has 4 N–H and O–H groups in total. The number of anilines is 1. The van der Waals surface area contributed by atoms with Crippen molar-refractivity contribution in [3.8, 4) is 0 Å². The van der Waals surface area contributed by atoms with Gasteiger partial charge in [0.1, 0.15) is 23.4 Å². The fourth-order valence-corrected chi connectivity index (χ4v) is 1.49. The summed E-state index contributed by atoms with van der Waals surface area (Å²) in [5.41, 5.74) is 4.20. The molecule has 8 heteroatoms. The number of halogens is 2. The second kappa shape index (κ2) is 7.53. The molecular formula is C13H17F2N3O3. The van der Waals surface area contributed by atoms with Crippen molar-refractivity contribution in [1.82, 2.24) is 10.6 Å². The lowest BCUT2D eigenvalue weighted by atomic mass is 10.1. The van der Waals surface area contributed by atoms with Crippen molar-refractivity contribution in [2.75, 3.05) is 26.0 Å². The van der Waals surface area contributed by atoms with Gasteiger partial charge >= 0.3 is 0 Å². The summed E-state index contributed by atoms with van der Waals surface area (Å²) in [5, 5.41) is 4.86. The number of nitrogens with two attached hydrogens (primary N) is 1. The Kier molecular flexibility index (Phi) is 6.04. The predicted molar refractivity (Wildman–Crippen MR) is 72.6 cm³/mol. The highest BCUT2D eigenvalue weighted by Gasteiger charge is 2.18. The Morgan fingerprint density at radius 3 is 2.43 bits per heavy atom. The van der Waals surface area contributed by atoms with E-state index in [2.05, 4.69) is 10.6 Å². The van der Waals surface area contributed by atoms with Gasteiger partial charge < -0.3 is 21.1 Å². The Morgan fingerprint density at radius 2 is 1.90 bits per heavy atom. The molecule has 0 saturated carbocycles.